The number of carbonyl (C=O) groups is 1. The van der Waals surface area contributed by atoms with Gasteiger partial charge in [-0.3, -0.25) is 4.79 Å². The molecule has 0 saturated heterocycles. The van der Waals surface area contributed by atoms with Gasteiger partial charge in [0.2, 0.25) is 0 Å². The molecule has 5 heteroatoms. The lowest BCUT2D eigenvalue weighted by Gasteiger charge is -2.12. The van der Waals surface area contributed by atoms with E-state index >= 15 is 0 Å². The van der Waals surface area contributed by atoms with Crippen molar-refractivity contribution in [2.24, 2.45) is 0 Å². The van der Waals surface area contributed by atoms with Gasteiger partial charge in [0.15, 0.2) is 0 Å². The molecule has 0 bridgehead atoms. The van der Waals surface area contributed by atoms with E-state index < -0.39 is 0 Å². The van der Waals surface area contributed by atoms with Crippen molar-refractivity contribution in [2.45, 2.75) is 6.92 Å². The van der Waals surface area contributed by atoms with Gasteiger partial charge in [0.1, 0.15) is 11.5 Å². The zero-order chi connectivity index (χ0) is 15.4. The summed E-state index contributed by atoms with van der Waals surface area (Å²) in [7, 11) is 3.15. The summed E-state index contributed by atoms with van der Waals surface area (Å²) in [6.07, 6.45) is 0. The van der Waals surface area contributed by atoms with E-state index in [-0.39, 0.29) is 5.91 Å². The molecule has 21 heavy (non-hydrogen) atoms. The van der Waals surface area contributed by atoms with Crippen LogP contribution in [0.25, 0.3) is 0 Å². The Morgan fingerprint density at radius 3 is 2.48 bits per heavy atom. The number of carbonyl (C=O) groups excluding carboxylic acids is 1. The fourth-order valence-electron chi connectivity index (χ4n) is 1.95. The highest BCUT2D eigenvalue weighted by Crippen LogP contribution is 2.26. The second-order valence-electron chi connectivity index (χ2n) is 4.48. The largest absolute Gasteiger partial charge is 0.497 e. The lowest BCUT2D eigenvalue weighted by atomic mass is 10.1. The normalized spacial score (nSPS) is 10.1. The molecule has 0 aromatic heterocycles. The summed E-state index contributed by atoms with van der Waals surface area (Å²) in [4.78, 5) is 12.4. The van der Waals surface area contributed by atoms with Crippen LogP contribution in [0.1, 0.15) is 15.9 Å². The first-order valence-corrected chi connectivity index (χ1v) is 7.14. The molecule has 1 amide bonds. The highest BCUT2D eigenvalue weighted by atomic mass is 79.9. The third-order valence-electron chi connectivity index (χ3n) is 3.09. The summed E-state index contributed by atoms with van der Waals surface area (Å²) in [5.41, 5.74) is 2.15. The van der Waals surface area contributed by atoms with Crippen molar-refractivity contribution in [1.29, 1.82) is 0 Å². The zero-order valence-electron chi connectivity index (χ0n) is 12.1. The molecule has 0 heterocycles. The topological polar surface area (TPSA) is 47.6 Å². The van der Waals surface area contributed by atoms with Crippen LogP contribution >= 0.6 is 15.9 Å². The number of hydrogen-bond acceptors (Lipinski definition) is 3. The Morgan fingerprint density at radius 2 is 1.86 bits per heavy atom. The van der Waals surface area contributed by atoms with E-state index in [1.807, 2.05) is 19.1 Å². The number of anilines is 1. The number of halogens is 1. The minimum absolute atomic E-state index is 0.215. The van der Waals surface area contributed by atoms with Crippen molar-refractivity contribution < 1.29 is 14.3 Å². The van der Waals surface area contributed by atoms with E-state index in [0.717, 1.165) is 21.5 Å². The van der Waals surface area contributed by atoms with Crippen LogP contribution in [0.3, 0.4) is 0 Å². The Hall–Kier alpha value is -2.01. The van der Waals surface area contributed by atoms with Crippen LogP contribution in [0.4, 0.5) is 5.69 Å². The highest BCUT2D eigenvalue weighted by Gasteiger charge is 2.13. The lowest BCUT2D eigenvalue weighted by molar-refractivity contribution is 0.102. The van der Waals surface area contributed by atoms with Gasteiger partial charge >= 0.3 is 0 Å². The molecule has 0 atom stereocenters. The molecule has 0 aliphatic carbocycles. The predicted octanol–water partition coefficient (Wildman–Crippen LogP) is 4.03. The minimum atomic E-state index is -0.215. The Balaban J connectivity index is 2.26. The number of benzene rings is 2. The van der Waals surface area contributed by atoms with Crippen LogP contribution in [0.5, 0.6) is 11.5 Å². The van der Waals surface area contributed by atoms with Gasteiger partial charge in [-0.25, -0.2) is 0 Å². The Morgan fingerprint density at radius 1 is 1.10 bits per heavy atom. The average Bonchev–Trinajstić information content (AvgIpc) is 2.48. The SMILES string of the molecule is COc1ccc(NC(=O)c2ccc(Br)cc2OC)c(C)c1. The van der Waals surface area contributed by atoms with Gasteiger partial charge in [-0.05, 0) is 48.9 Å². The summed E-state index contributed by atoms with van der Waals surface area (Å²) in [6.45, 7) is 1.91. The maximum atomic E-state index is 12.4. The summed E-state index contributed by atoms with van der Waals surface area (Å²) in [6, 6.07) is 10.8. The van der Waals surface area contributed by atoms with Gasteiger partial charge in [0.25, 0.3) is 5.91 Å². The molecular weight excluding hydrogens is 334 g/mol. The van der Waals surface area contributed by atoms with E-state index in [1.165, 1.54) is 7.11 Å². The van der Waals surface area contributed by atoms with Gasteiger partial charge in [-0.15, -0.1) is 0 Å². The van der Waals surface area contributed by atoms with Crippen molar-refractivity contribution in [3.8, 4) is 11.5 Å². The van der Waals surface area contributed by atoms with Gasteiger partial charge in [-0.1, -0.05) is 15.9 Å². The fourth-order valence-corrected chi connectivity index (χ4v) is 2.29. The molecule has 0 radical (unpaired) electrons. The molecule has 0 saturated carbocycles. The van der Waals surface area contributed by atoms with Crippen molar-refractivity contribution in [1.82, 2.24) is 0 Å². The molecule has 0 fully saturated rings. The van der Waals surface area contributed by atoms with Crippen molar-refractivity contribution in [2.75, 3.05) is 19.5 Å². The maximum Gasteiger partial charge on any atom is 0.259 e. The number of amides is 1. The Kier molecular flexibility index (Phi) is 4.85. The fraction of sp³-hybridized carbons (Fsp3) is 0.188. The molecular formula is C16H16BrNO3. The second kappa shape index (κ2) is 6.63. The van der Waals surface area contributed by atoms with Crippen molar-refractivity contribution in [3.63, 3.8) is 0 Å². The molecule has 0 unspecified atom stereocenters. The molecule has 1 N–H and O–H groups in total. The van der Waals surface area contributed by atoms with Gasteiger partial charge in [-0.2, -0.15) is 0 Å². The molecule has 2 aromatic carbocycles. The summed E-state index contributed by atoms with van der Waals surface area (Å²) < 4.78 is 11.3. The average molecular weight is 350 g/mol. The summed E-state index contributed by atoms with van der Waals surface area (Å²) >= 11 is 3.35. The number of nitrogens with one attached hydrogen (secondary N) is 1. The van der Waals surface area contributed by atoms with Crippen LogP contribution < -0.4 is 14.8 Å². The van der Waals surface area contributed by atoms with Gasteiger partial charge in [0.05, 0.1) is 19.8 Å². The van der Waals surface area contributed by atoms with Crippen molar-refractivity contribution in [3.05, 3.63) is 52.0 Å². The van der Waals surface area contributed by atoms with E-state index in [4.69, 9.17) is 9.47 Å². The maximum absolute atomic E-state index is 12.4. The Labute approximate surface area is 132 Å². The smallest absolute Gasteiger partial charge is 0.259 e. The lowest BCUT2D eigenvalue weighted by Crippen LogP contribution is -2.14. The van der Waals surface area contributed by atoms with Gasteiger partial charge < -0.3 is 14.8 Å². The molecule has 0 spiro atoms. The molecule has 4 nitrogen and oxygen atoms in total. The van der Waals surface area contributed by atoms with Gasteiger partial charge in [0, 0.05) is 10.2 Å². The number of methoxy groups -OCH3 is 2. The second-order valence-corrected chi connectivity index (χ2v) is 5.40. The minimum Gasteiger partial charge on any atom is -0.497 e. The van der Waals surface area contributed by atoms with Crippen LogP contribution in [0.2, 0.25) is 0 Å². The zero-order valence-corrected chi connectivity index (χ0v) is 13.7. The third-order valence-corrected chi connectivity index (χ3v) is 3.58. The van der Waals surface area contributed by atoms with E-state index in [0.29, 0.717) is 11.3 Å². The van der Waals surface area contributed by atoms with E-state index in [2.05, 4.69) is 21.2 Å². The van der Waals surface area contributed by atoms with Crippen LogP contribution in [-0.2, 0) is 0 Å². The number of ether oxygens (including phenoxy) is 2. The number of rotatable bonds is 4. The quantitative estimate of drug-likeness (QED) is 0.906. The monoisotopic (exact) mass is 349 g/mol. The third kappa shape index (κ3) is 3.55. The first kappa shape index (κ1) is 15.4. The Bertz CT molecular complexity index is 671. The van der Waals surface area contributed by atoms with Crippen molar-refractivity contribution >= 4 is 27.5 Å². The molecule has 0 aliphatic heterocycles. The number of hydrogen-bond donors (Lipinski definition) is 1. The molecule has 110 valence electrons. The number of aryl methyl sites for hydroxylation is 1. The van der Waals surface area contributed by atoms with E-state index in [1.54, 1.807) is 31.4 Å². The molecule has 0 aliphatic rings. The first-order chi connectivity index (χ1) is 10.0. The first-order valence-electron chi connectivity index (χ1n) is 6.34. The summed E-state index contributed by atoms with van der Waals surface area (Å²) in [5, 5.41) is 2.88. The molecule has 2 rings (SSSR count). The van der Waals surface area contributed by atoms with E-state index in [9.17, 15) is 4.79 Å². The van der Waals surface area contributed by atoms with Crippen LogP contribution in [0, 0.1) is 6.92 Å². The predicted molar refractivity (Wildman–Crippen MR) is 86.4 cm³/mol. The van der Waals surface area contributed by atoms with Crippen LogP contribution in [-0.4, -0.2) is 20.1 Å². The molecule has 2 aromatic rings. The standard InChI is InChI=1S/C16H16BrNO3/c1-10-8-12(20-2)5-7-14(10)18-16(19)13-6-4-11(17)9-15(13)21-3/h4-9H,1-3H3,(H,18,19). The summed E-state index contributed by atoms with van der Waals surface area (Å²) in [5.74, 6) is 1.06. The van der Waals surface area contributed by atoms with Crippen LogP contribution in [0.15, 0.2) is 40.9 Å². The highest BCUT2D eigenvalue weighted by molar-refractivity contribution is 9.10.